The van der Waals surface area contributed by atoms with Gasteiger partial charge in [-0.15, -0.1) is 0 Å². The molecular formula is C22H15Br2N3O8. The van der Waals surface area contributed by atoms with Crippen molar-refractivity contribution in [2.24, 2.45) is 0 Å². The summed E-state index contributed by atoms with van der Waals surface area (Å²) in [6, 6.07) is 13.0. The van der Waals surface area contributed by atoms with Gasteiger partial charge in [0.05, 0.1) is 24.9 Å². The number of carboxylic acids is 1. The summed E-state index contributed by atoms with van der Waals surface area (Å²) >= 11 is 6.60. The molecule has 0 aliphatic carbocycles. The Balaban J connectivity index is 1.84. The molecule has 3 rings (SSSR count). The van der Waals surface area contributed by atoms with Crippen LogP contribution in [0.5, 0.6) is 11.5 Å². The van der Waals surface area contributed by atoms with E-state index in [4.69, 9.17) is 4.74 Å². The van der Waals surface area contributed by atoms with Gasteiger partial charge in [0.2, 0.25) is 5.75 Å². The number of nitrogens with one attached hydrogen (secondary N) is 1. The topological polar surface area (TPSA) is 162 Å². The number of hydrogen-bond acceptors (Lipinski definition) is 7. The van der Waals surface area contributed by atoms with Crippen LogP contribution in [0.4, 0.5) is 11.4 Å². The van der Waals surface area contributed by atoms with Crippen molar-refractivity contribution in [3.63, 3.8) is 0 Å². The summed E-state index contributed by atoms with van der Waals surface area (Å²) in [6.45, 7) is 0. The Morgan fingerprint density at radius 3 is 2.14 bits per heavy atom. The fourth-order valence-electron chi connectivity index (χ4n) is 3.05. The molecule has 13 heteroatoms. The van der Waals surface area contributed by atoms with E-state index in [0.717, 1.165) is 18.2 Å². The van der Waals surface area contributed by atoms with Crippen molar-refractivity contribution in [3.8, 4) is 11.5 Å². The number of nitro benzene ring substituents is 2. The zero-order valence-electron chi connectivity index (χ0n) is 17.5. The number of carbonyl (C=O) groups is 2. The average Bonchev–Trinajstić information content (AvgIpc) is 2.81. The van der Waals surface area contributed by atoms with Gasteiger partial charge in [0.15, 0.2) is 5.75 Å². The van der Waals surface area contributed by atoms with E-state index in [1.165, 1.54) is 0 Å². The summed E-state index contributed by atoms with van der Waals surface area (Å²) in [5.41, 5.74) is -0.240. The molecule has 0 aliphatic rings. The van der Waals surface area contributed by atoms with Crippen molar-refractivity contribution in [1.29, 1.82) is 0 Å². The normalized spacial score (nSPS) is 11.4. The second-order valence-electron chi connectivity index (χ2n) is 7.09. The number of carboxylic acid groups (broad SMARTS) is 1. The van der Waals surface area contributed by atoms with Crippen molar-refractivity contribution >= 4 is 55.1 Å². The van der Waals surface area contributed by atoms with Gasteiger partial charge in [-0.05, 0) is 67.8 Å². The van der Waals surface area contributed by atoms with Crippen LogP contribution >= 0.6 is 31.9 Å². The lowest BCUT2D eigenvalue weighted by atomic mass is 10.1. The molecule has 180 valence electrons. The van der Waals surface area contributed by atoms with E-state index in [0.29, 0.717) is 20.1 Å². The van der Waals surface area contributed by atoms with Gasteiger partial charge in [-0.1, -0.05) is 18.2 Å². The maximum atomic E-state index is 12.4. The van der Waals surface area contributed by atoms with Gasteiger partial charge >= 0.3 is 11.7 Å². The smallest absolute Gasteiger partial charge is 0.326 e. The van der Waals surface area contributed by atoms with Crippen LogP contribution in [0.25, 0.3) is 0 Å². The molecule has 0 saturated carbocycles. The Morgan fingerprint density at radius 1 is 0.971 bits per heavy atom. The first-order valence-electron chi connectivity index (χ1n) is 9.74. The molecule has 1 unspecified atom stereocenters. The molecule has 0 radical (unpaired) electrons. The zero-order valence-corrected chi connectivity index (χ0v) is 20.7. The van der Waals surface area contributed by atoms with E-state index in [9.17, 15) is 34.9 Å². The average molecular weight is 609 g/mol. The minimum Gasteiger partial charge on any atom is -0.480 e. The number of nitrogens with zero attached hydrogens (tertiary/aromatic N) is 2. The lowest BCUT2D eigenvalue weighted by Gasteiger charge is -2.17. The minimum atomic E-state index is -1.23. The third-order valence-electron chi connectivity index (χ3n) is 4.70. The van der Waals surface area contributed by atoms with Crippen LogP contribution in [0.3, 0.4) is 0 Å². The summed E-state index contributed by atoms with van der Waals surface area (Å²) in [5, 5.41) is 34.4. The highest BCUT2D eigenvalue weighted by atomic mass is 79.9. The minimum absolute atomic E-state index is 0.0664. The Bertz CT molecular complexity index is 1290. The molecule has 0 aliphatic heterocycles. The highest BCUT2D eigenvalue weighted by Gasteiger charge is 2.25. The summed E-state index contributed by atoms with van der Waals surface area (Å²) < 4.78 is 6.31. The van der Waals surface area contributed by atoms with Crippen molar-refractivity contribution in [3.05, 3.63) is 101 Å². The maximum absolute atomic E-state index is 12.4. The fraction of sp³-hybridized carbons (Fsp3) is 0.0909. The molecule has 3 aromatic rings. The lowest BCUT2D eigenvalue weighted by Crippen LogP contribution is -2.42. The molecular weight excluding hydrogens is 594 g/mol. The number of benzene rings is 3. The van der Waals surface area contributed by atoms with Crippen LogP contribution in [0.15, 0.2) is 69.6 Å². The summed E-state index contributed by atoms with van der Waals surface area (Å²) in [7, 11) is 0. The largest absolute Gasteiger partial charge is 0.480 e. The predicted molar refractivity (Wildman–Crippen MR) is 131 cm³/mol. The number of nitro groups is 2. The first-order chi connectivity index (χ1) is 16.6. The highest BCUT2D eigenvalue weighted by Crippen LogP contribution is 2.41. The molecule has 1 amide bonds. The van der Waals surface area contributed by atoms with Crippen molar-refractivity contribution in [2.75, 3.05) is 0 Å². The molecule has 11 nitrogen and oxygen atoms in total. The molecule has 0 heterocycles. The molecule has 0 spiro atoms. The number of halogens is 2. The Kier molecular flexibility index (Phi) is 8.14. The molecule has 0 fully saturated rings. The first-order valence-corrected chi connectivity index (χ1v) is 11.3. The molecule has 1 atom stereocenters. The van der Waals surface area contributed by atoms with Gasteiger partial charge in [0, 0.05) is 18.1 Å². The van der Waals surface area contributed by atoms with Crippen molar-refractivity contribution in [1.82, 2.24) is 5.32 Å². The number of amides is 1. The van der Waals surface area contributed by atoms with E-state index < -0.39 is 39.1 Å². The van der Waals surface area contributed by atoms with Gasteiger partial charge in [-0.2, -0.15) is 0 Å². The quantitative estimate of drug-likeness (QED) is 0.246. The van der Waals surface area contributed by atoms with E-state index in [2.05, 4.69) is 37.2 Å². The van der Waals surface area contributed by atoms with Crippen LogP contribution in [0, 0.1) is 20.2 Å². The van der Waals surface area contributed by atoms with E-state index in [-0.39, 0.29) is 17.9 Å². The third-order valence-corrected chi connectivity index (χ3v) is 5.88. The van der Waals surface area contributed by atoms with Gasteiger partial charge in [-0.3, -0.25) is 25.0 Å². The fourth-order valence-corrected chi connectivity index (χ4v) is 4.50. The standard InChI is InChI=1S/C22H15Br2N3O8/c23-15-8-12(10-17(22(29)30)25-21(28)13-4-2-1-3-5-13)9-16(24)20(15)35-19-7-6-14(26(31)32)11-18(19)27(33)34/h1-9,11,17H,10H2,(H,25,28)(H,29,30). The molecule has 3 aromatic carbocycles. The van der Waals surface area contributed by atoms with Gasteiger partial charge < -0.3 is 15.2 Å². The lowest BCUT2D eigenvalue weighted by molar-refractivity contribution is -0.394. The van der Waals surface area contributed by atoms with E-state index in [1.54, 1.807) is 42.5 Å². The van der Waals surface area contributed by atoms with Crippen LogP contribution in [0.1, 0.15) is 15.9 Å². The second kappa shape index (κ2) is 11.1. The molecule has 35 heavy (non-hydrogen) atoms. The number of carbonyl (C=O) groups excluding carboxylic acids is 1. The predicted octanol–water partition coefficient (Wildman–Crippen LogP) is 5.25. The summed E-state index contributed by atoms with van der Waals surface area (Å²) in [4.78, 5) is 44.9. The van der Waals surface area contributed by atoms with Gasteiger partial charge in [0.1, 0.15) is 6.04 Å². The number of ether oxygens (including phenoxy) is 1. The monoisotopic (exact) mass is 607 g/mol. The Morgan fingerprint density at radius 2 is 1.60 bits per heavy atom. The summed E-state index contributed by atoms with van der Waals surface area (Å²) in [5.74, 6) is -1.87. The maximum Gasteiger partial charge on any atom is 0.326 e. The highest BCUT2D eigenvalue weighted by molar-refractivity contribution is 9.11. The number of non-ortho nitro benzene ring substituents is 1. The van der Waals surface area contributed by atoms with Crippen LogP contribution in [0.2, 0.25) is 0 Å². The first kappa shape index (κ1) is 25.8. The molecule has 0 saturated heterocycles. The summed E-state index contributed by atoms with van der Waals surface area (Å²) in [6.07, 6.45) is -0.0664. The number of hydrogen-bond donors (Lipinski definition) is 2. The number of aliphatic carboxylic acids is 1. The van der Waals surface area contributed by atoms with Gasteiger partial charge in [-0.25, -0.2) is 4.79 Å². The SMILES string of the molecule is O=C(NC(Cc1cc(Br)c(Oc2ccc([N+](=O)[O-])cc2[N+](=O)[O-])c(Br)c1)C(=O)O)c1ccccc1. The van der Waals surface area contributed by atoms with E-state index >= 15 is 0 Å². The van der Waals surface area contributed by atoms with Crippen LogP contribution in [-0.4, -0.2) is 32.9 Å². The molecule has 0 bridgehead atoms. The molecule has 2 N–H and O–H groups in total. The van der Waals surface area contributed by atoms with Crippen LogP contribution in [-0.2, 0) is 11.2 Å². The second-order valence-corrected chi connectivity index (χ2v) is 8.80. The number of rotatable bonds is 9. The van der Waals surface area contributed by atoms with Crippen molar-refractivity contribution < 1.29 is 29.3 Å². The van der Waals surface area contributed by atoms with Crippen LogP contribution < -0.4 is 10.1 Å². The van der Waals surface area contributed by atoms with Gasteiger partial charge in [0.25, 0.3) is 11.6 Å². The Labute approximate surface area is 214 Å². The van der Waals surface area contributed by atoms with E-state index in [1.807, 2.05) is 0 Å². The zero-order chi connectivity index (χ0) is 25.7. The third kappa shape index (κ3) is 6.39. The van der Waals surface area contributed by atoms with Crippen molar-refractivity contribution in [2.45, 2.75) is 12.5 Å². The molecule has 0 aromatic heterocycles. The Hall–Kier alpha value is -3.84.